The molecule has 0 spiro atoms. The van der Waals surface area contributed by atoms with Crippen LogP contribution in [0, 0.1) is 21.7 Å². The van der Waals surface area contributed by atoms with Gasteiger partial charge in [0.05, 0.1) is 28.3 Å². The predicted octanol–water partition coefficient (Wildman–Crippen LogP) is 0.991. The molecule has 2 saturated heterocycles. The first kappa shape index (κ1) is 40.8. The van der Waals surface area contributed by atoms with E-state index in [1.54, 1.807) is 83.1 Å². The highest BCUT2D eigenvalue weighted by Gasteiger charge is 2.57. The van der Waals surface area contributed by atoms with Crippen LogP contribution in [0.2, 0.25) is 0 Å². The number of carbonyl (C=O) groups excluding carboxylic acids is 4. The number of hydrogen-bond acceptors (Lipinski definition) is 15. The van der Waals surface area contributed by atoms with Crippen LogP contribution in [0.1, 0.15) is 83.1 Å². The van der Waals surface area contributed by atoms with Crippen LogP contribution in [0.5, 0.6) is 0 Å². The second kappa shape index (κ2) is 15.0. The summed E-state index contributed by atoms with van der Waals surface area (Å²) >= 11 is 0. The van der Waals surface area contributed by atoms with E-state index in [0.717, 1.165) is 0 Å². The first-order valence-corrected chi connectivity index (χ1v) is 15.6. The maximum Gasteiger partial charge on any atom is 0.311 e. The Bertz CT molecular complexity index is 1110. The molecule has 4 N–H and O–H groups in total. The van der Waals surface area contributed by atoms with Gasteiger partial charge in [0.1, 0.15) is 37.1 Å². The van der Waals surface area contributed by atoms with Crippen LogP contribution >= 0.6 is 0 Å². The van der Waals surface area contributed by atoms with E-state index in [-0.39, 0.29) is 0 Å². The normalized spacial score (nSPS) is 32.3. The smallest absolute Gasteiger partial charge is 0.311 e. The lowest BCUT2D eigenvalue weighted by molar-refractivity contribution is -0.358. The monoisotopic (exact) mass is 678 g/mol. The van der Waals surface area contributed by atoms with Crippen molar-refractivity contribution in [2.75, 3.05) is 13.2 Å². The maximum atomic E-state index is 13.4. The second-order valence-electron chi connectivity index (χ2n) is 16.1. The van der Waals surface area contributed by atoms with Crippen molar-refractivity contribution in [3.05, 3.63) is 0 Å². The molecule has 10 atom stereocenters. The van der Waals surface area contributed by atoms with Crippen LogP contribution in [0.25, 0.3) is 0 Å². The number of rotatable bonds is 8. The molecule has 0 unspecified atom stereocenters. The Labute approximate surface area is 276 Å². The Kier molecular flexibility index (Phi) is 13.0. The van der Waals surface area contributed by atoms with Gasteiger partial charge in [-0.25, -0.2) is 0 Å². The van der Waals surface area contributed by atoms with E-state index in [2.05, 4.69) is 0 Å². The third kappa shape index (κ3) is 10.5. The molecule has 0 aromatic carbocycles. The van der Waals surface area contributed by atoms with Crippen molar-refractivity contribution in [2.45, 2.75) is 144 Å². The number of aliphatic hydroxyl groups excluding tert-OH is 4. The summed E-state index contributed by atoms with van der Waals surface area (Å²) in [5, 5.41) is 41.6. The molecule has 47 heavy (non-hydrogen) atoms. The number of aliphatic hydroxyl groups is 4. The Morgan fingerprint density at radius 1 is 0.553 bits per heavy atom. The van der Waals surface area contributed by atoms with E-state index in [1.807, 2.05) is 0 Å². The molecule has 2 aliphatic rings. The summed E-state index contributed by atoms with van der Waals surface area (Å²) < 4.78 is 40.3. The van der Waals surface area contributed by atoms with Gasteiger partial charge in [0.15, 0.2) is 30.9 Å². The zero-order valence-corrected chi connectivity index (χ0v) is 29.5. The first-order valence-electron chi connectivity index (χ1n) is 15.6. The number of carbonyl (C=O) groups is 4. The summed E-state index contributed by atoms with van der Waals surface area (Å²) in [7, 11) is 0. The molecule has 272 valence electrons. The van der Waals surface area contributed by atoms with Crippen LogP contribution in [0.15, 0.2) is 0 Å². The highest BCUT2D eigenvalue weighted by Crippen LogP contribution is 2.36. The standard InChI is InChI=1S/C32H54O15/c1-29(2,3)25(37)41-14-16-19(45-26(38)30(4,5)6)21(46-27(39)31(7,8)9)22(47-28(40)32(10,11)12)24(43-16)44-20-17(34)15(13-33)42-23(36)18(20)35/h15-24,33-36H,13-14H2,1-12H3/t15-,16-,17+,18-,19-,20+,21+,22-,23-,24+/m1/s1. The van der Waals surface area contributed by atoms with Gasteiger partial charge in [0.2, 0.25) is 0 Å². The summed E-state index contributed by atoms with van der Waals surface area (Å²) in [6.45, 7) is 17.7. The minimum absolute atomic E-state index is 0.553. The van der Waals surface area contributed by atoms with Gasteiger partial charge in [-0.2, -0.15) is 0 Å². The Morgan fingerprint density at radius 3 is 1.40 bits per heavy atom. The Hall–Kier alpha value is -2.40. The summed E-state index contributed by atoms with van der Waals surface area (Å²) in [5.41, 5.74) is -4.24. The molecule has 0 bridgehead atoms. The SMILES string of the molecule is CC(C)(C)C(=O)OC[C@H]1O[C@@H](O[C@@H]2[C@@H](O)[C@H](O)O[C@H](CO)[C@@H]2O)[C@H](OC(=O)C(C)(C)C)[C@@H](OC(=O)C(C)(C)C)[C@@H]1OC(=O)C(C)(C)C. The molecule has 0 radical (unpaired) electrons. The van der Waals surface area contributed by atoms with Crippen molar-refractivity contribution in [3.63, 3.8) is 0 Å². The van der Waals surface area contributed by atoms with Gasteiger partial charge in [-0.1, -0.05) is 0 Å². The Balaban J connectivity index is 2.76. The molecule has 0 aromatic heterocycles. The van der Waals surface area contributed by atoms with E-state index in [9.17, 15) is 39.6 Å². The third-order valence-electron chi connectivity index (χ3n) is 7.28. The van der Waals surface area contributed by atoms with Crippen molar-refractivity contribution >= 4 is 23.9 Å². The van der Waals surface area contributed by atoms with Gasteiger partial charge in [-0.3, -0.25) is 19.2 Å². The fourth-order valence-electron chi connectivity index (χ4n) is 4.18. The van der Waals surface area contributed by atoms with Crippen molar-refractivity contribution in [2.24, 2.45) is 21.7 Å². The molecule has 2 rings (SSSR count). The average molecular weight is 679 g/mol. The van der Waals surface area contributed by atoms with Crippen LogP contribution in [0.4, 0.5) is 0 Å². The lowest BCUT2D eigenvalue weighted by Crippen LogP contribution is -2.67. The van der Waals surface area contributed by atoms with E-state index in [4.69, 9.17) is 33.2 Å². The van der Waals surface area contributed by atoms with Crippen LogP contribution < -0.4 is 0 Å². The predicted molar refractivity (Wildman–Crippen MR) is 162 cm³/mol. The molecule has 0 aromatic rings. The van der Waals surface area contributed by atoms with Crippen LogP contribution in [-0.2, 0) is 52.3 Å². The number of esters is 4. The quantitative estimate of drug-likeness (QED) is 0.208. The second-order valence-corrected chi connectivity index (χ2v) is 16.1. The molecule has 15 heteroatoms. The molecule has 0 saturated carbocycles. The van der Waals surface area contributed by atoms with E-state index in [0.29, 0.717) is 0 Å². The molecular formula is C32H54O15. The zero-order valence-electron chi connectivity index (χ0n) is 29.5. The lowest BCUT2D eigenvalue weighted by Gasteiger charge is -2.48. The minimum atomic E-state index is -1.90. The van der Waals surface area contributed by atoms with E-state index >= 15 is 0 Å². The highest BCUT2D eigenvalue weighted by atomic mass is 16.7. The van der Waals surface area contributed by atoms with E-state index < -0.39 is 120 Å². The molecule has 2 heterocycles. The summed E-state index contributed by atoms with van der Waals surface area (Å²) in [6, 6.07) is 0. The molecule has 0 aliphatic carbocycles. The fraction of sp³-hybridized carbons (Fsp3) is 0.875. The van der Waals surface area contributed by atoms with Gasteiger partial charge in [0, 0.05) is 0 Å². The molecule has 15 nitrogen and oxygen atoms in total. The van der Waals surface area contributed by atoms with Gasteiger partial charge >= 0.3 is 23.9 Å². The first-order chi connectivity index (χ1) is 21.2. The lowest BCUT2D eigenvalue weighted by atomic mass is 9.92. The third-order valence-corrected chi connectivity index (χ3v) is 7.28. The topological polar surface area (TPSA) is 214 Å². The van der Waals surface area contributed by atoms with Crippen LogP contribution in [-0.4, -0.2) is 119 Å². The zero-order chi connectivity index (χ0) is 36.4. The molecule has 0 amide bonds. The molecule has 2 fully saturated rings. The molecule has 2 aliphatic heterocycles. The fourth-order valence-corrected chi connectivity index (χ4v) is 4.18. The largest absolute Gasteiger partial charge is 0.462 e. The minimum Gasteiger partial charge on any atom is -0.462 e. The average Bonchev–Trinajstić information content (AvgIpc) is 2.92. The van der Waals surface area contributed by atoms with Crippen LogP contribution in [0.3, 0.4) is 0 Å². The van der Waals surface area contributed by atoms with Gasteiger partial charge in [0.25, 0.3) is 0 Å². The van der Waals surface area contributed by atoms with Crippen molar-refractivity contribution < 1.29 is 72.8 Å². The number of hydrogen-bond donors (Lipinski definition) is 4. The molecular weight excluding hydrogens is 624 g/mol. The Morgan fingerprint density at radius 2 is 0.979 bits per heavy atom. The summed E-state index contributed by atoms with van der Waals surface area (Å²) in [4.78, 5) is 52.8. The highest BCUT2D eigenvalue weighted by molar-refractivity contribution is 5.78. The van der Waals surface area contributed by atoms with Crippen molar-refractivity contribution in [1.82, 2.24) is 0 Å². The number of ether oxygens (including phenoxy) is 7. The summed E-state index contributed by atoms with van der Waals surface area (Å²) in [6.07, 6.45) is -16.7. The van der Waals surface area contributed by atoms with Crippen molar-refractivity contribution in [3.8, 4) is 0 Å². The van der Waals surface area contributed by atoms with E-state index in [1.165, 1.54) is 0 Å². The maximum absolute atomic E-state index is 13.4. The van der Waals surface area contributed by atoms with Crippen molar-refractivity contribution in [1.29, 1.82) is 0 Å². The van der Waals surface area contributed by atoms with Gasteiger partial charge in [-0.15, -0.1) is 0 Å². The van der Waals surface area contributed by atoms with Gasteiger partial charge in [-0.05, 0) is 83.1 Å². The summed E-state index contributed by atoms with van der Waals surface area (Å²) in [5.74, 6) is -2.99. The van der Waals surface area contributed by atoms with Gasteiger partial charge < -0.3 is 53.6 Å².